The Morgan fingerprint density at radius 2 is 2.20 bits per heavy atom. The van der Waals surface area contributed by atoms with Gasteiger partial charge in [-0.15, -0.1) is 6.58 Å². The van der Waals surface area contributed by atoms with Gasteiger partial charge in [-0.3, -0.25) is 0 Å². The van der Waals surface area contributed by atoms with Crippen LogP contribution in [-0.4, -0.2) is 6.54 Å². The molecule has 0 heterocycles. The molecule has 60 valence electrons. The third kappa shape index (κ3) is 4.57. The molecule has 0 fully saturated rings. The lowest BCUT2D eigenvalue weighted by Gasteiger charge is -2.08. The van der Waals surface area contributed by atoms with Crippen LogP contribution in [0.15, 0.2) is 12.7 Å². The number of hydrogen-bond acceptors (Lipinski definition) is 1. The second-order valence-corrected chi connectivity index (χ2v) is 2.72. The Hall–Kier alpha value is -0.300. The molecular weight excluding hydrogens is 122 g/mol. The predicted molar refractivity (Wildman–Crippen MR) is 46.9 cm³/mol. The van der Waals surface area contributed by atoms with E-state index < -0.39 is 0 Å². The van der Waals surface area contributed by atoms with Crippen molar-refractivity contribution in [3.63, 3.8) is 0 Å². The first-order valence-electron chi connectivity index (χ1n) is 4.17. The number of hydrogen-bond donors (Lipinski definition) is 1. The molecule has 0 aliphatic heterocycles. The van der Waals surface area contributed by atoms with E-state index in [1.807, 2.05) is 0 Å². The minimum Gasteiger partial charge on any atom is -0.330 e. The van der Waals surface area contributed by atoms with E-state index >= 15 is 0 Å². The molecular formula is C9H19N. The zero-order chi connectivity index (χ0) is 7.82. The van der Waals surface area contributed by atoms with Crippen LogP contribution in [0.3, 0.4) is 0 Å². The molecule has 1 atom stereocenters. The molecule has 0 bridgehead atoms. The lowest BCUT2D eigenvalue weighted by atomic mass is 9.98. The summed E-state index contributed by atoms with van der Waals surface area (Å²) in [5.74, 6) is 0.702. The van der Waals surface area contributed by atoms with E-state index in [1.54, 1.807) is 0 Å². The molecule has 0 amide bonds. The Balaban J connectivity index is 3.29. The first kappa shape index (κ1) is 9.70. The van der Waals surface area contributed by atoms with Gasteiger partial charge in [0.1, 0.15) is 0 Å². The maximum Gasteiger partial charge on any atom is -0.00771 e. The van der Waals surface area contributed by atoms with Gasteiger partial charge in [-0.2, -0.15) is 0 Å². The maximum atomic E-state index is 5.39. The SMILES string of the molecule is C=CC(CCC)CCCN. The molecule has 0 aromatic carbocycles. The fourth-order valence-electron chi connectivity index (χ4n) is 1.13. The zero-order valence-corrected chi connectivity index (χ0v) is 6.97. The van der Waals surface area contributed by atoms with Gasteiger partial charge in [0.25, 0.3) is 0 Å². The summed E-state index contributed by atoms with van der Waals surface area (Å²) in [5, 5.41) is 0. The third-order valence-corrected chi connectivity index (χ3v) is 1.77. The molecule has 0 spiro atoms. The molecule has 0 saturated carbocycles. The lowest BCUT2D eigenvalue weighted by Crippen LogP contribution is -2.03. The minimum absolute atomic E-state index is 0.702. The van der Waals surface area contributed by atoms with Crippen molar-refractivity contribution in [2.45, 2.75) is 32.6 Å². The molecule has 1 heteroatoms. The summed E-state index contributed by atoms with van der Waals surface area (Å²) >= 11 is 0. The van der Waals surface area contributed by atoms with E-state index in [9.17, 15) is 0 Å². The molecule has 10 heavy (non-hydrogen) atoms. The highest BCUT2D eigenvalue weighted by Crippen LogP contribution is 2.13. The highest BCUT2D eigenvalue weighted by atomic mass is 14.5. The van der Waals surface area contributed by atoms with Crippen molar-refractivity contribution in [1.29, 1.82) is 0 Å². The van der Waals surface area contributed by atoms with E-state index in [0.29, 0.717) is 5.92 Å². The number of allylic oxidation sites excluding steroid dienone is 1. The van der Waals surface area contributed by atoms with E-state index in [-0.39, 0.29) is 0 Å². The average Bonchev–Trinajstić information content (AvgIpc) is 1.98. The van der Waals surface area contributed by atoms with Gasteiger partial charge in [-0.25, -0.2) is 0 Å². The predicted octanol–water partition coefficient (Wildman–Crippen LogP) is 2.33. The van der Waals surface area contributed by atoms with Crippen LogP contribution < -0.4 is 5.73 Å². The largest absolute Gasteiger partial charge is 0.330 e. The summed E-state index contributed by atoms with van der Waals surface area (Å²) < 4.78 is 0. The fraction of sp³-hybridized carbons (Fsp3) is 0.778. The average molecular weight is 141 g/mol. The van der Waals surface area contributed by atoms with E-state index in [1.165, 1.54) is 19.3 Å². The maximum absolute atomic E-state index is 5.39. The van der Waals surface area contributed by atoms with Crippen LogP contribution in [0.5, 0.6) is 0 Å². The van der Waals surface area contributed by atoms with Crippen molar-refractivity contribution in [3.8, 4) is 0 Å². The summed E-state index contributed by atoms with van der Waals surface area (Å²) in [6.07, 6.45) is 6.93. The molecule has 2 N–H and O–H groups in total. The number of nitrogens with two attached hydrogens (primary N) is 1. The Bertz CT molecular complexity index is 78.8. The molecule has 1 nitrogen and oxygen atoms in total. The molecule has 1 unspecified atom stereocenters. The normalized spacial score (nSPS) is 13.0. The van der Waals surface area contributed by atoms with E-state index in [0.717, 1.165) is 13.0 Å². The van der Waals surface area contributed by atoms with Crippen LogP contribution in [0.2, 0.25) is 0 Å². The first-order valence-corrected chi connectivity index (χ1v) is 4.17. The topological polar surface area (TPSA) is 26.0 Å². The smallest absolute Gasteiger partial charge is 0.00771 e. The third-order valence-electron chi connectivity index (χ3n) is 1.77. The second kappa shape index (κ2) is 6.81. The summed E-state index contributed by atoms with van der Waals surface area (Å²) in [7, 11) is 0. The molecule has 0 aliphatic rings. The van der Waals surface area contributed by atoms with Gasteiger partial charge in [0.15, 0.2) is 0 Å². The molecule has 0 saturated heterocycles. The molecule has 0 rings (SSSR count). The summed E-state index contributed by atoms with van der Waals surface area (Å²) in [4.78, 5) is 0. The summed E-state index contributed by atoms with van der Waals surface area (Å²) in [6, 6.07) is 0. The molecule has 0 aromatic heterocycles. The van der Waals surface area contributed by atoms with Crippen molar-refractivity contribution in [2.24, 2.45) is 11.7 Å². The van der Waals surface area contributed by atoms with Gasteiger partial charge in [0, 0.05) is 0 Å². The van der Waals surface area contributed by atoms with Crippen LogP contribution in [0.25, 0.3) is 0 Å². The highest BCUT2D eigenvalue weighted by Gasteiger charge is 2.00. The van der Waals surface area contributed by atoms with Gasteiger partial charge in [-0.05, 0) is 31.7 Å². The van der Waals surface area contributed by atoms with Crippen molar-refractivity contribution in [2.75, 3.05) is 6.54 Å². The van der Waals surface area contributed by atoms with Crippen molar-refractivity contribution < 1.29 is 0 Å². The van der Waals surface area contributed by atoms with Gasteiger partial charge in [0.05, 0.1) is 0 Å². The zero-order valence-electron chi connectivity index (χ0n) is 6.97. The Morgan fingerprint density at radius 3 is 2.60 bits per heavy atom. The summed E-state index contributed by atoms with van der Waals surface area (Å²) in [6.45, 7) is 6.81. The summed E-state index contributed by atoms with van der Waals surface area (Å²) in [5.41, 5.74) is 5.39. The monoisotopic (exact) mass is 141 g/mol. The molecule has 0 aliphatic carbocycles. The fourth-order valence-corrected chi connectivity index (χ4v) is 1.13. The van der Waals surface area contributed by atoms with Crippen LogP contribution in [0.4, 0.5) is 0 Å². The second-order valence-electron chi connectivity index (χ2n) is 2.72. The van der Waals surface area contributed by atoms with Crippen molar-refractivity contribution in [3.05, 3.63) is 12.7 Å². The van der Waals surface area contributed by atoms with Gasteiger partial charge in [-0.1, -0.05) is 19.4 Å². The Labute approximate surface area is 64.3 Å². The van der Waals surface area contributed by atoms with Crippen LogP contribution >= 0.6 is 0 Å². The molecule has 0 aromatic rings. The standard InChI is InChI=1S/C9H19N/c1-3-6-9(4-2)7-5-8-10/h4,9H,2-3,5-8,10H2,1H3. The molecule has 0 radical (unpaired) electrons. The van der Waals surface area contributed by atoms with Gasteiger partial charge >= 0.3 is 0 Å². The van der Waals surface area contributed by atoms with Crippen molar-refractivity contribution >= 4 is 0 Å². The van der Waals surface area contributed by atoms with Gasteiger partial charge in [0.2, 0.25) is 0 Å². The van der Waals surface area contributed by atoms with E-state index in [4.69, 9.17) is 5.73 Å². The Kier molecular flexibility index (Phi) is 6.61. The van der Waals surface area contributed by atoms with Crippen LogP contribution in [0, 0.1) is 5.92 Å². The lowest BCUT2D eigenvalue weighted by molar-refractivity contribution is 0.521. The highest BCUT2D eigenvalue weighted by molar-refractivity contribution is 4.78. The van der Waals surface area contributed by atoms with Gasteiger partial charge < -0.3 is 5.73 Å². The van der Waals surface area contributed by atoms with Crippen LogP contribution in [0.1, 0.15) is 32.6 Å². The quantitative estimate of drug-likeness (QED) is 0.564. The van der Waals surface area contributed by atoms with Crippen molar-refractivity contribution in [1.82, 2.24) is 0 Å². The number of rotatable bonds is 6. The van der Waals surface area contributed by atoms with E-state index in [2.05, 4.69) is 19.6 Å². The minimum atomic E-state index is 0.702. The van der Waals surface area contributed by atoms with Crippen LogP contribution in [-0.2, 0) is 0 Å². The first-order chi connectivity index (χ1) is 4.85. The Morgan fingerprint density at radius 1 is 1.50 bits per heavy atom.